The maximum Gasteiger partial charge on any atom is 0.490 e. The van der Waals surface area contributed by atoms with Gasteiger partial charge in [0.2, 0.25) is 5.88 Å². The number of fused-ring (bicyclic) bond motifs is 1. The molecule has 0 bridgehead atoms. The number of ether oxygens (including phenoxy) is 2. The number of halogens is 6. The second-order valence-electron chi connectivity index (χ2n) is 8.67. The quantitative estimate of drug-likeness (QED) is 0.486. The van der Waals surface area contributed by atoms with E-state index in [1.165, 1.54) is 7.11 Å². The first-order valence-corrected chi connectivity index (χ1v) is 11.4. The zero-order valence-electron chi connectivity index (χ0n) is 21.8. The lowest BCUT2D eigenvalue weighted by Gasteiger charge is -2.33. The Morgan fingerprint density at radius 1 is 1.07 bits per heavy atom. The first kappa shape index (κ1) is 34.1. The molecule has 1 aliphatic rings. The van der Waals surface area contributed by atoms with Gasteiger partial charge in [0.1, 0.15) is 5.56 Å². The largest absolute Gasteiger partial charge is 0.490 e. The first-order chi connectivity index (χ1) is 18.4. The number of carbonyl (C=O) groups is 3. The summed E-state index contributed by atoms with van der Waals surface area (Å²) in [5.74, 6) is -4.70. The second kappa shape index (κ2) is 14.5. The van der Waals surface area contributed by atoms with Crippen LogP contribution in [0.15, 0.2) is 24.7 Å². The van der Waals surface area contributed by atoms with Gasteiger partial charge in [-0.1, -0.05) is 13.8 Å². The van der Waals surface area contributed by atoms with Gasteiger partial charge in [0.25, 0.3) is 5.91 Å². The second-order valence-corrected chi connectivity index (χ2v) is 8.67. The number of alkyl halides is 6. The van der Waals surface area contributed by atoms with Gasteiger partial charge in [-0.15, -0.1) is 0 Å². The number of carboxylic acid groups (broad SMARTS) is 2. The Morgan fingerprint density at radius 3 is 2.10 bits per heavy atom. The third-order valence-corrected chi connectivity index (χ3v) is 4.97. The predicted octanol–water partition coefficient (Wildman–Crippen LogP) is 3.50. The van der Waals surface area contributed by atoms with Crippen molar-refractivity contribution in [1.82, 2.24) is 19.4 Å². The molecule has 2 N–H and O–H groups in total. The number of rotatable bonds is 6. The molecule has 2 aromatic rings. The molecule has 1 atom stereocenters. The molecule has 0 radical (unpaired) electrons. The number of hydrogen-bond acceptors (Lipinski definition) is 7. The molecular formula is C23H28F6N4O7. The third kappa shape index (κ3) is 10.3. The predicted molar refractivity (Wildman–Crippen MR) is 125 cm³/mol. The van der Waals surface area contributed by atoms with E-state index in [9.17, 15) is 31.1 Å². The van der Waals surface area contributed by atoms with E-state index in [0.717, 1.165) is 11.4 Å². The Labute approximate surface area is 224 Å². The first-order valence-electron chi connectivity index (χ1n) is 11.4. The number of amides is 1. The van der Waals surface area contributed by atoms with Crippen LogP contribution in [-0.4, -0.2) is 86.7 Å². The fourth-order valence-corrected chi connectivity index (χ4v) is 3.35. The Bertz CT molecular complexity index is 1130. The highest BCUT2D eigenvalue weighted by atomic mass is 19.4. The van der Waals surface area contributed by atoms with Crippen molar-refractivity contribution in [3.05, 3.63) is 41.6 Å². The lowest BCUT2D eigenvalue weighted by Crippen LogP contribution is -2.40. The molecule has 1 aliphatic heterocycles. The van der Waals surface area contributed by atoms with Gasteiger partial charge in [0.15, 0.2) is 0 Å². The van der Waals surface area contributed by atoms with Gasteiger partial charge >= 0.3 is 24.3 Å². The number of aliphatic carboxylic acids is 2. The van der Waals surface area contributed by atoms with E-state index >= 15 is 0 Å². The smallest absolute Gasteiger partial charge is 0.480 e. The average molecular weight is 586 g/mol. The molecule has 0 spiro atoms. The van der Waals surface area contributed by atoms with Crippen molar-refractivity contribution in [3.8, 4) is 5.88 Å². The van der Waals surface area contributed by atoms with Crippen LogP contribution in [0.3, 0.4) is 0 Å². The molecule has 3 heterocycles. The molecular weight excluding hydrogens is 558 g/mol. The fourth-order valence-electron chi connectivity index (χ4n) is 3.35. The molecule has 0 aromatic carbocycles. The zero-order valence-corrected chi connectivity index (χ0v) is 21.8. The summed E-state index contributed by atoms with van der Waals surface area (Å²) in [6.45, 7) is 6.59. The van der Waals surface area contributed by atoms with Crippen LogP contribution in [0.4, 0.5) is 26.3 Å². The van der Waals surface area contributed by atoms with Crippen LogP contribution in [0.25, 0.3) is 0 Å². The number of nitrogens with zero attached hydrogens (tertiary/aromatic N) is 4. The molecule has 224 valence electrons. The topological polar surface area (TPSA) is 144 Å². The number of carboxylic acids is 2. The van der Waals surface area contributed by atoms with Crippen LogP contribution in [-0.2, 0) is 27.9 Å². The Balaban J connectivity index is 0.000000473. The van der Waals surface area contributed by atoms with Gasteiger partial charge < -0.3 is 29.2 Å². The molecule has 1 amide bonds. The van der Waals surface area contributed by atoms with Gasteiger partial charge in [0, 0.05) is 38.0 Å². The molecule has 1 unspecified atom stereocenters. The molecule has 0 saturated carbocycles. The Kier molecular flexibility index (Phi) is 12.4. The lowest BCUT2D eigenvalue weighted by molar-refractivity contribution is -0.193. The Morgan fingerprint density at radius 2 is 1.62 bits per heavy atom. The highest BCUT2D eigenvalue weighted by Crippen LogP contribution is 2.30. The molecule has 17 heteroatoms. The van der Waals surface area contributed by atoms with Crippen molar-refractivity contribution in [1.29, 1.82) is 0 Å². The fraction of sp³-hybridized carbons (Fsp3) is 0.522. The van der Waals surface area contributed by atoms with Crippen molar-refractivity contribution in [2.75, 3.05) is 26.9 Å². The molecule has 2 aromatic heterocycles. The van der Waals surface area contributed by atoms with Crippen LogP contribution < -0.4 is 4.74 Å². The molecule has 11 nitrogen and oxygen atoms in total. The van der Waals surface area contributed by atoms with Gasteiger partial charge in [-0.3, -0.25) is 4.79 Å². The van der Waals surface area contributed by atoms with E-state index < -0.39 is 24.3 Å². The maximum atomic E-state index is 13.1. The molecule has 0 fully saturated rings. The van der Waals surface area contributed by atoms with Gasteiger partial charge in [0.05, 0.1) is 32.3 Å². The minimum absolute atomic E-state index is 0.0941. The highest BCUT2D eigenvalue weighted by molar-refractivity contribution is 5.96. The van der Waals surface area contributed by atoms with Crippen molar-refractivity contribution in [3.63, 3.8) is 0 Å². The van der Waals surface area contributed by atoms with Gasteiger partial charge in [-0.05, 0) is 18.1 Å². The summed E-state index contributed by atoms with van der Waals surface area (Å²) in [5.41, 5.74) is 2.54. The van der Waals surface area contributed by atoms with Gasteiger partial charge in [-0.25, -0.2) is 19.6 Å². The van der Waals surface area contributed by atoms with Crippen LogP contribution in [0.5, 0.6) is 5.88 Å². The van der Waals surface area contributed by atoms with Crippen molar-refractivity contribution in [2.45, 2.75) is 38.7 Å². The van der Waals surface area contributed by atoms with Crippen molar-refractivity contribution >= 4 is 17.8 Å². The normalized spacial score (nSPS) is 14.8. The monoisotopic (exact) mass is 586 g/mol. The summed E-state index contributed by atoms with van der Waals surface area (Å²) in [7, 11) is 3.51. The van der Waals surface area contributed by atoms with Crippen LogP contribution >= 0.6 is 0 Å². The highest BCUT2D eigenvalue weighted by Gasteiger charge is 2.39. The minimum Gasteiger partial charge on any atom is -0.480 e. The molecule has 40 heavy (non-hydrogen) atoms. The molecule has 0 saturated heterocycles. The van der Waals surface area contributed by atoms with E-state index in [4.69, 9.17) is 29.3 Å². The SMILES string of the molecule is COc1ncccc1C(=O)N1Cc2ncn(C)c2C(COCC(C)C)C1.O=C(O)C(F)(F)F.O=C(O)C(F)(F)F. The lowest BCUT2D eigenvalue weighted by atomic mass is 9.98. The number of imidazole rings is 1. The molecule has 0 aliphatic carbocycles. The average Bonchev–Trinajstić information content (AvgIpc) is 3.23. The van der Waals surface area contributed by atoms with Crippen LogP contribution in [0.2, 0.25) is 0 Å². The Hall–Kier alpha value is -3.89. The van der Waals surface area contributed by atoms with E-state index in [1.54, 1.807) is 29.6 Å². The summed E-state index contributed by atoms with van der Waals surface area (Å²) in [5, 5.41) is 14.2. The standard InChI is InChI=1S/C19H26N4O3.2C2HF3O2/c1-13(2)10-26-11-14-8-23(9-16-17(14)22(3)12-21-16)19(24)15-6-5-7-20-18(15)25-4;2*3-2(4,5)1(6)7/h5-7,12-14H,8-11H2,1-4H3;2*(H,6,7). The summed E-state index contributed by atoms with van der Waals surface area (Å²) < 4.78 is 76.6. The van der Waals surface area contributed by atoms with Crippen LogP contribution in [0, 0.1) is 5.92 Å². The van der Waals surface area contributed by atoms with E-state index in [-0.39, 0.29) is 11.8 Å². The number of aryl methyl sites for hydroxylation is 1. The van der Waals surface area contributed by atoms with E-state index in [2.05, 4.69) is 23.8 Å². The number of aromatic nitrogens is 3. The summed E-state index contributed by atoms with van der Waals surface area (Å²) in [4.78, 5) is 41.3. The summed E-state index contributed by atoms with van der Waals surface area (Å²) in [6.07, 6.45) is -6.75. The number of hydrogen-bond donors (Lipinski definition) is 2. The minimum atomic E-state index is -5.08. The maximum absolute atomic E-state index is 13.1. The number of carbonyl (C=O) groups excluding carboxylic acids is 1. The number of methoxy groups -OCH3 is 1. The van der Waals surface area contributed by atoms with E-state index in [1.807, 2.05) is 11.6 Å². The van der Waals surface area contributed by atoms with E-state index in [0.29, 0.717) is 43.7 Å². The summed E-state index contributed by atoms with van der Waals surface area (Å²) >= 11 is 0. The third-order valence-electron chi connectivity index (χ3n) is 4.97. The van der Waals surface area contributed by atoms with Crippen molar-refractivity contribution in [2.24, 2.45) is 13.0 Å². The van der Waals surface area contributed by atoms with Crippen molar-refractivity contribution < 1.29 is 60.4 Å². The zero-order chi connectivity index (χ0) is 30.8. The molecule has 3 rings (SSSR count). The summed E-state index contributed by atoms with van der Waals surface area (Å²) in [6, 6.07) is 3.49. The number of pyridine rings is 1. The van der Waals surface area contributed by atoms with Crippen LogP contribution in [0.1, 0.15) is 41.5 Å². The van der Waals surface area contributed by atoms with Gasteiger partial charge in [-0.2, -0.15) is 26.3 Å².